The molecule has 3 N–H and O–H groups in total. The number of quaternary nitrogens is 1. The van der Waals surface area contributed by atoms with E-state index in [1.54, 1.807) is 20.3 Å². The number of hydrogen-bond acceptors (Lipinski definition) is 15. The molecule has 16 nitrogen and oxygen atoms in total. The van der Waals surface area contributed by atoms with Gasteiger partial charge in [0.25, 0.3) is 11.8 Å². The average molecular weight is 1180 g/mol. The topological polar surface area (TPSA) is 185 Å². The molecule has 0 aliphatic carbocycles. The van der Waals surface area contributed by atoms with Gasteiger partial charge in [0.05, 0.1) is 72.9 Å². The lowest BCUT2D eigenvalue weighted by atomic mass is 9.75. The molecule has 20 heteroatoms. The van der Waals surface area contributed by atoms with E-state index in [0.29, 0.717) is 89.7 Å². The van der Waals surface area contributed by atoms with E-state index in [2.05, 4.69) is 105 Å². The molecule has 3 unspecified atom stereocenters. The number of hydrogen-bond donors (Lipinski definition) is 2. The zero-order chi connectivity index (χ0) is 58.9. The van der Waals surface area contributed by atoms with Gasteiger partial charge in [-0.3, -0.25) is 27.6 Å². The molecule has 0 fully saturated rings. The number of nitrogens with one attached hydrogen (secondary N) is 1. The first-order valence-electron chi connectivity index (χ1n) is 27.3. The van der Waals surface area contributed by atoms with Crippen LogP contribution in [0.25, 0.3) is 0 Å². The van der Waals surface area contributed by atoms with Crippen molar-refractivity contribution in [1.82, 2.24) is 10.2 Å². The van der Waals surface area contributed by atoms with Crippen LogP contribution in [0.2, 0.25) is 0 Å². The van der Waals surface area contributed by atoms with E-state index in [1.807, 2.05) is 39.0 Å². The average Bonchev–Trinajstić information content (AvgIpc) is 3.84. The summed E-state index contributed by atoms with van der Waals surface area (Å²) in [7, 11) is 6.29. The molecule has 2 aliphatic rings. The number of nitrogens with zero attached hydrogens (tertiary/aromatic N) is 2. The molecule has 79 heavy (non-hydrogen) atoms. The van der Waals surface area contributed by atoms with Crippen LogP contribution in [0.15, 0.2) is 101 Å². The van der Waals surface area contributed by atoms with Crippen molar-refractivity contribution in [2.45, 2.75) is 133 Å². The van der Waals surface area contributed by atoms with Crippen molar-refractivity contribution in [2.75, 3.05) is 111 Å². The maximum atomic E-state index is 11.7. The third-order valence-electron chi connectivity index (χ3n) is 12.2. The van der Waals surface area contributed by atoms with Crippen molar-refractivity contribution < 1.29 is 59.1 Å². The number of amides is 3. The molecule has 2 aromatic rings. The summed E-state index contributed by atoms with van der Waals surface area (Å²) in [5.74, 6) is 0.593. The Bertz CT molecular complexity index is 2240. The molecule has 2 aliphatic heterocycles. The van der Waals surface area contributed by atoms with E-state index in [9.17, 15) is 22.8 Å². The Balaban J connectivity index is 0.000000596. The number of imide groups is 1. The Hall–Kier alpha value is -3.73. The van der Waals surface area contributed by atoms with Gasteiger partial charge < -0.3 is 38.1 Å². The van der Waals surface area contributed by atoms with Gasteiger partial charge in [0.15, 0.2) is 22.2 Å². The number of benzene rings is 2. The Morgan fingerprint density at radius 1 is 0.835 bits per heavy atom. The first kappa shape index (κ1) is 73.3. The van der Waals surface area contributed by atoms with Gasteiger partial charge >= 0.3 is 0 Å². The molecule has 0 saturated carbocycles. The summed E-state index contributed by atoms with van der Waals surface area (Å²) in [6.45, 7) is 26.1. The molecule has 0 spiro atoms. The lowest BCUT2D eigenvalue weighted by molar-refractivity contribution is -0.567. The van der Waals surface area contributed by atoms with E-state index in [0.717, 1.165) is 60.5 Å². The van der Waals surface area contributed by atoms with E-state index in [4.69, 9.17) is 30.9 Å². The van der Waals surface area contributed by atoms with Gasteiger partial charge in [0, 0.05) is 114 Å². The molecule has 2 heterocycles. The van der Waals surface area contributed by atoms with Gasteiger partial charge in [0.1, 0.15) is 5.69 Å². The van der Waals surface area contributed by atoms with Gasteiger partial charge in [0.2, 0.25) is 5.91 Å². The Labute approximate surface area is 488 Å². The Morgan fingerprint density at radius 3 is 2.04 bits per heavy atom. The van der Waals surface area contributed by atoms with Crippen LogP contribution in [0, 0.1) is 0 Å². The largest absolute Gasteiger partial charge is 0.379 e. The van der Waals surface area contributed by atoms with Crippen LogP contribution in [0.3, 0.4) is 0 Å². The van der Waals surface area contributed by atoms with Crippen molar-refractivity contribution in [2.24, 2.45) is 0 Å². The van der Waals surface area contributed by atoms with Gasteiger partial charge in [-0.25, -0.2) is 8.42 Å². The number of unbranched alkanes of at least 4 members (excludes halogenated alkanes) is 3. The van der Waals surface area contributed by atoms with E-state index in [1.165, 1.54) is 72.2 Å². The van der Waals surface area contributed by atoms with Gasteiger partial charge in [-0.05, 0) is 106 Å². The third kappa shape index (κ3) is 30.8. The third-order valence-corrected chi connectivity index (χ3v) is 15.3. The fraction of sp³-hybridized carbons (Fsp3) is 0.593. The highest BCUT2D eigenvalue weighted by atomic mass is 32.2. The highest BCUT2D eigenvalue weighted by molar-refractivity contribution is 7.94. The summed E-state index contributed by atoms with van der Waals surface area (Å²) >= 11 is 0.297. The molecular weight excluding hydrogens is 1080 g/mol. The number of fused-ring (bicyclic) bond motifs is 1. The maximum Gasteiger partial charge on any atom is 0.253 e. The molecule has 2 aromatic carbocycles. The number of ether oxygens (including phenoxy) is 3. The van der Waals surface area contributed by atoms with Crippen molar-refractivity contribution >= 4 is 75.3 Å². The van der Waals surface area contributed by atoms with Crippen LogP contribution in [-0.2, 0) is 78.3 Å². The van der Waals surface area contributed by atoms with E-state index >= 15 is 0 Å². The lowest BCUT2D eigenvalue weighted by Crippen LogP contribution is -2.79. The second-order valence-electron chi connectivity index (χ2n) is 19.0. The smallest absolute Gasteiger partial charge is 0.253 e. The normalized spacial score (nSPS) is 15.2. The fourth-order valence-electron chi connectivity index (χ4n) is 8.36. The highest BCUT2D eigenvalue weighted by Crippen LogP contribution is 2.44. The van der Waals surface area contributed by atoms with Crippen LogP contribution < -0.4 is 15.5 Å². The van der Waals surface area contributed by atoms with Crippen molar-refractivity contribution in [3.63, 3.8) is 0 Å². The Kier molecular flexibility index (Phi) is 40.8. The molecular formula is C59H95N4O12S4+. The molecule has 0 bridgehead atoms. The number of carbonyl (C=O) groups excluding carboxylic acids is 3. The summed E-state index contributed by atoms with van der Waals surface area (Å²) < 4.78 is 59.3. The molecule has 0 aromatic heterocycles. The number of nitrogens with two attached hydrogens (primary N) is 1. The van der Waals surface area contributed by atoms with Crippen molar-refractivity contribution in [1.29, 1.82) is 0 Å². The molecule has 0 radical (unpaired) electrons. The van der Waals surface area contributed by atoms with Gasteiger partial charge in [-0.1, -0.05) is 72.8 Å². The standard InChI is InChI=1S/C24H38N2O6.C17H25NO3S2.C16H25NO3S2.C2H6/c1-2-3-4-5-6-7-8-11-22(27)25-14-9-16-30-18-20-32-21-19-31-17-10-15-26-23(28)12-13-24(26)29;1-6-7-10-17(2,3)15-13-14(22-20-4)8-9-16(15)18-11-12-23(19)21-5;1-12-11-16(2,3)14-10-13(21-19-4)6-7-15(14)17(12)8-9-22(18)20-5;1-2/h2-4,12-13H,1,5-11,14-21H2,(H,25,27);6,8-10,13,18H,11-12H2,1-5H3;6-7,10,12H,8-9,11H2,1-5H3;1-2H3/p+1/b4-3+;;;. The summed E-state index contributed by atoms with van der Waals surface area (Å²) in [4.78, 5) is 40.2. The van der Waals surface area contributed by atoms with Crippen LogP contribution in [-0.4, -0.2) is 143 Å². The molecule has 0 saturated heterocycles. The minimum atomic E-state index is -1.22. The van der Waals surface area contributed by atoms with Crippen molar-refractivity contribution in [3.8, 4) is 0 Å². The first-order chi connectivity index (χ1) is 38.0. The Morgan fingerprint density at radius 2 is 1.43 bits per heavy atom. The quantitative estimate of drug-likeness (QED) is 0.0164. The molecule has 3 atom stereocenters. The summed E-state index contributed by atoms with van der Waals surface area (Å²) in [6, 6.07) is 13.1. The van der Waals surface area contributed by atoms with Gasteiger partial charge in [-0.15, -0.1) is 5.73 Å². The second kappa shape index (κ2) is 43.9. The predicted molar refractivity (Wildman–Crippen MR) is 325 cm³/mol. The predicted octanol–water partition coefficient (Wildman–Crippen LogP) is 9.96. The number of carbonyl (C=O) groups is 3. The summed E-state index contributed by atoms with van der Waals surface area (Å²) in [5.41, 5.74) is 8.03. The van der Waals surface area contributed by atoms with Crippen LogP contribution in [0.5, 0.6) is 0 Å². The van der Waals surface area contributed by atoms with Crippen molar-refractivity contribution in [3.05, 3.63) is 102 Å². The lowest BCUT2D eigenvalue weighted by Gasteiger charge is -2.45. The van der Waals surface area contributed by atoms with Crippen LogP contribution >= 0.6 is 24.1 Å². The number of anilines is 1. The number of rotatable bonds is 36. The molecule has 446 valence electrons. The fourth-order valence-corrected chi connectivity index (χ4v) is 10.3. The SMILES string of the molecule is C=C/C=C/CCCCCC(=O)NCCCOCCOCCOCCCN1C(=O)C=CC1=O.CC.CC=C=CC(C)(C)c1cc(SOC)ccc1[NH2+]CCS(=O)OC.COSc1ccc2c(c1)C(C)(C)CC(C)N2CCS(=O)OC. The molecule has 3 amide bonds. The second-order valence-corrected chi connectivity index (χ2v) is 23.7. The molecule has 4 rings (SSSR count). The minimum Gasteiger partial charge on any atom is -0.379 e. The maximum absolute atomic E-state index is 11.7. The zero-order valence-electron chi connectivity index (χ0n) is 49.4. The summed E-state index contributed by atoms with van der Waals surface area (Å²) in [5, 5.41) is 5.02. The first-order valence-corrected chi connectivity index (χ1v) is 31.3. The van der Waals surface area contributed by atoms with Gasteiger partial charge in [-0.2, -0.15) is 0 Å². The highest BCUT2D eigenvalue weighted by Gasteiger charge is 2.36. The summed E-state index contributed by atoms with van der Waals surface area (Å²) in [6.07, 6.45) is 19.5. The van der Waals surface area contributed by atoms with E-state index in [-0.39, 0.29) is 28.6 Å². The van der Waals surface area contributed by atoms with Crippen LogP contribution in [0.4, 0.5) is 11.4 Å². The van der Waals surface area contributed by atoms with Crippen LogP contribution in [0.1, 0.15) is 118 Å². The zero-order valence-corrected chi connectivity index (χ0v) is 52.7. The van der Waals surface area contributed by atoms with E-state index < -0.39 is 22.2 Å². The monoisotopic (exact) mass is 1180 g/mol. The minimum absolute atomic E-state index is 0.102. The number of allylic oxidation sites excluding steroid dienone is 4.